The van der Waals surface area contributed by atoms with Gasteiger partial charge in [0, 0.05) is 36.9 Å². The molecule has 0 radical (unpaired) electrons. The molecule has 0 aliphatic heterocycles. The summed E-state index contributed by atoms with van der Waals surface area (Å²) in [4.78, 5) is 29.1. The SMILES string of the molecule is CN(C)CCN(Cc1ccccc1)C(=O)Nc1ccc(C(=O)NC2CCCC2)cc1. The predicted octanol–water partition coefficient (Wildman–Crippen LogP) is 3.95. The lowest BCUT2D eigenvalue weighted by Crippen LogP contribution is -2.39. The molecule has 160 valence electrons. The Balaban J connectivity index is 1.60. The van der Waals surface area contributed by atoms with E-state index in [2.05, 4.69) is 15.5 Å². The number of anilines is 1. The topological polar surface area (TPSA) is 64.7 Å². The van der Waals surface area contributed by atoms with Crippen molar-refractivity contribution < 1.29 is 9.59 Å². The highest BCUT2D eigenvalue weighted by atomic mass is 16.2. The standard InChI is InChI=1S/C24H32N4O2/c1-27(2)16-17-28(18-19-8-4-3-5-9-19)24(30)26-22-14-12-20(13-15-22)23(29)25-21-10-6-7-11-21/h3-5,8-9,12-15,21H,6-7,10-11,16-18H2,1-2H3,(H,25,29)(H,26,30). The van der Waals surface area contributed by atoms with Gasteiger partial charge >= 0.3 is 6.03 Å². The van der Waals surface area contributed by atoms with Gasteiger partial charge in [-0.25, -0.2) is 4.79 Å². The average Bonchev–Trinajstić information content (AvgIpc) is 3.25. The van der Waals surface area contributed by atoms with E-state index in [1.165, 1.54) is 12.8 Å². The molecular formula is C24H32N4O2. The maximum atomic E-state index is 12.9. The summed E-state index contributed by atoms with van der Waals surface area (Å²) in [5.41, 5.74) is 2.39. The molecule has 2 aromatic carbocycles. The summed E-state index contributed by atoms with van der Waals surface area (Å²) < 4.78 is 0. The minimum atomic E-state index is -0.149. The zero-order valence-electron chi connectivity index (χ0n) is 17.9. The number of hydrogen-bond donors (Lipinski definition) is 2. The number of likely N-dealkylation sites (N-methyl/N-ethyl adjacent to an activating group) is 1. The van der Waals surface area contributed by atoms with E-state index in [1.54, 1.807) is 29.2 Å². The van der Waals surface area contributed by atoms with Crippen LogP contribution in [0.5, 0.6) is 0 Å². The van der Waals surface area contributed by atoms with E-state index in [9.17, 15) is 9.59 Å². The van der Waals surface area contributed by atoms with Crippen LogP contribution in [-0.4, -0.2) is 55.0 Å². The zero-order chi connectivity index (χ0) is 21.3. The molecule has 3 rings (SSSR count). The quantitative estimate of drug-likeness (QED) is 0.695. The van der Waals surface area contributed by atoms with E-state index in [0.717, 1.165) is 24.9 Å². The molecule has 6 heteroatoms. The Morgan fingerprint density at radius 1 is 0.933 bits per heavy atom. The van der Waals surface area contributed by atoms with Crippen LogP contribution in [0, 0.1) is 0 Å². The van der Waals surface area contributed by atoms with Crippen molar-refractivity contribution >= 4 is 17.6 Å². The van der Waals surface area contributed by atoms with Crippen LogP contribution in [0.2, 0.25) is 0 Å². The smallest absolute Gasteiger partial charge is 0.322 e. The van der Waals surface area contributed by atoms with Crippen molar-refractivity contribution in [3.05, 3.63) is 65.7 Å². The molecular weight excluding hydrogens is 376 g/mol. The predicted molar refractivity (Wildman–Crippen MR) is 121 cm³/mol. The van der Waals surface area contributed by atoms with Crippen LogP contribution in [0.25, 0.3) is 0 Å². The van der Waals surface area contributed by atoms with E-state index in [4.69, 9.17) is 0 Å². The maximum absolute atomic E-state index is 12.9. The van der Waals surface area contributed by atoms with Gasteiger partial charge in [0.2, 0.25) is 0 Å². The molecule has 1 saturated carbocycles. The first-order chi connectivity index (χ1) is 14.5. The van der Waals surface area contributed by atoms with Crippen LogP contribution in [0.4, 0.5) is 10.5 Å². The molecule has 6 nitrogen and oxygen atoms in total. The Bertz CT molecular complexity index is 815. The van der Waals surface area contributed by atoms with Crippen molar-refractivity contribution in [3.8, 4) is 0 Å². The summed E-state index contributed by atoms with van der Waals surface area (Å²) in [6.07, 6.45) is 4.49. The van der Waals surface area contributed by atoms with Gasteiger partial charge in [-0.2, -0.15) is 0 Å². The second-order valence-electron chi connectivity index (χ2n) is 8.17. The van der Waals surface area contributed by atoms with Crippen molar-refractivity contribution in [3.63, 3.8) is 0 Å². The first-order valence-electron chi connectivity index (χ1n) is 10.7. The van der Waals surface area contributed by atoms with Crippen LogP contribution < -0.4 is 10.6 Å². The van der Waals surface area contributed by atoms with Crippen molar-refractivity contribution in [2.24, 2.45) is 0 Å². The number of carbonyl (C=O) groups excluding carboxylic acids is 2. The molecule has 0 unspecified atom stereocenters. The lowest BCUT2D eigenvalue weighted by Gasteiger charge is -2.25. The lowest BCUT2D eigenvalue weighted by molar-refractivity contribution is 0.0938. The Kier molecular flexibility index (Phi) is 7.85. The molecule has 0 bridgehead atoms. The molecule has 2 N–H and O–H groups in total. The summed E-state index contributed by atoms with van der Waals surface area (Å²) in [6, 6.07) is 17.2. The Morgan fingerprint density at radius 3 is 2.23 bits per heavy atom. The van der Waals surface area contributed by atoms with Gasteiger partial charge in [0.1, 0.15) is 0 Å². The highest BCUT2D eigenvalue weighted by molar-refractivity contribution is 5.95. The third-order valence-corrected chi connectivity index (χ3v) is 5.41. The van der Waals surface area contributed by atoms with Crippen molar-refractivity contribution in [1.29, 1.82) is 0 Å². The van der Waals surface area contributed by atoms with Gasteiger partial charge in [0.15, 0.2) is 0 Å². The highest BCUT2D eigenvalue weighted by Crippen LogP contribution is 2.18. The van der Waals surface area contributed by atoms with Crippen molar-refractivity contribution in [2.75, 3.05) is 32.5 Å². The van der Waals surface area contributed by atoms with Crippen LogP contribution in [0.15, 0.2) is 54.6 Å². The number of amides is 3. The minimum absolute atomic E-state index is 0.0449. The highest BCUT2D eigenvalue weighted by Gasteiger charge is 2.18. The third-order valence-electron chi connectivity index (χ3n) is 5.41. The Hall–Kier alpha value is -2.86. The maximum Gasteiger partial charge on any atom is 0.322 e. The van der Waals surface area contributed by atoms with Gasteiger partial charge in [-0.15, -0.1) is 0 Å². The molecule has 2 aromatic rings. The third kappa shape index (κ3) is 6.59. The number of nitrogens with one attached hydrogen (secondary N) is 2. The zero-order valence-corrected chi connectivity index (χ0v) is 17.9. The first-order valence-corrected chi connectivity index (χ1v) is 10.7. The van der Waals surface area contributed by atoms with Gasteiger partial charge in [-0.1, -0.05) is 43.2 Å². The van der Waals surface area contributed by atoms with Crippen LogP contribution in [-0.2, 0) is 6.54 Å². The molecule has 1 fully saturated rings. The van der Waals surface area contributed by atoms with Gasteiger partial charge in [-0.3, -0.25) is 4.79 Å². The monoisotopic (exact) mass is 408 g/mol. The summed E-state index contributed by atoms with van der Waals surface area (Å²) in [6.45, 7) is 1.94. The minimum Gasteiger partial charge on any atom is -0.349 e. The van der Waals surface area contributed by atoms with E-state index < -0.39 is 0 Å². The molecule has 0 heterocycles. The van der Waals surface area contributed by atoms with Gasteiger partial charge in [-0.05, 0) is 56.8 Å². The Morgan fingerprint density at radius 2 is 1.60 bits per heavy atom. The first kappa shape index (κ1) is 21.8. The van der Waals surface area contributed by atoms with Gasteiger partial charge in [0.25, 0.3) is 5.91 Å². The molecule has 0 atom stereocenters. The van der Waals surface area contributed by atoms with E-state index in [0.29, 0.717) is 30.4 Å². The van der Waals surface area contributed by atoms with Crippen LogP contribution in [0.1, 0.15) is 41.6 Å². The van der Waals surface area contributed by atoms with Crippen LogP contribution >= 0.6 is 0 Å². The van der Waals surface area contributed by atoms with Gasteiger partial charge in [0.05, 0.1) is 0 Å². The van der Waals surface area contributed by atoms with Crippen LogP contribution in [0.3, 0.4) is 0 Å². The molecule has 0 spiro atoms. The molecule has 3 amide bonds. The Labute approximate surface area is 179 Å². The average molecular weight is 409 g/mol. The lowest BCUT2D eigenvalue weighted by atomic mass is 10.1. The number of rotatable bonds is 8. The summed E-state index contributed by atoms with van der Waals surface area (Å²) in [5, 5.41) is 6.05. The second kappa shape index (κ2) is 10.8. The summed E-state index contributed by atoms with van der Waals surface area (Å²) in [7, 11) is 3.99. The fourth-order valence-corrected chi connectivity index (χ4v) is 3.62. The largest absolute Gasteiger partial charge is 0.349 e. The fraction of sp³-hybridized carbons (Fsp3) is 0.417. The number of nitrogens with zero attached hydrogens (tertiary/aromatic N) is 2. The molecule has 30 heavy (non-hydrogen) atoms. The van der Waals surface area contributed by atoms with E-state index in [1.807, 2.05) is 44.4 Å². The molecule has 1 aliphatic rings. The molecule has 1 aliphatic carbocycles. The number of benzene rings is 2. The van der Waals surface area contributed by atoms with Crippen molar-refractivity contribution in [2.45, 2.75) is 38.3 Å². The van der Waals surface area contributed by atoms with E-state index in [-0.39, 0.29) is 11.9 Å². The van der Waals surface area contributed by atoms with E-state index >= 15 is 0 Å². The van der Waals surface area contributed by atoms with Crippen molar-refractivity contribution in [1.82, 2.24) is 15.1 Å². The fourth-order valence-electron chi connectivity index (χ4n) is 3.62. The number of urea groups is 1. The van der Waals surface area contributed by atoms with Gasteiger partial charge < -0.3 is 20.4 Å². The number of carbonyl (C=O) groups is 2. The number of hydrogen-bond acceptors (Lipinski definition) is 3. The summed E-state index contributed by atoms with van der Waals surface area (Å²) in [5.74, 6) is -0.0449. The molecule has 0 aromatic heterocycles. The molecule has 0 saturated heterocycles. The normalized spacial score (nSPS) is 14.0. The summed E-state index contributed by atoms with van der Waals surface area (Å²) >= 11 is 0. The second-order valence-corrected chi connectivity index (χ2v) is 8.17.